The molecule has 156 valence electrons. The molecule has 0 bridgehead atoms. The van der Waals surface area contributed by atoms with Crippen LogP contribution in [-0.2, 0) is 10.0 Å². The normalized spacial score (nSPS) is 11.6. The predicted octanol–water partition coefficient (Wildman–Crippen LogP) is 4.34. The Morgan fingerprint density at radius 2 is 1.27 bits per heavy atom. The summed E-state index contributed by atoms with van der Waals surface area (Å²) in [6, 6.07) is 20.6. The summed E-state index contributed by atoms with van der Waals surface area (Å²) in [6.07, 6.45) is 0. The van der Waals surface area contributed by atoms with Crippen molar-refractivity contribution in [3.8, 4) is 11.5 Å². The summed E-state index contributed by atoms with van der Waals surface area (Å²) in [5.41, 5.74) is 5.78. The second-order valence-electron chi connectivity index (χ2n) is 6.40. The average molecular weight is 426 g/mol. The standard InChI is InChI=1S/C22H23N3O4S/c1-16(23-24-18-6-10-20(28-2)11-7-18)17-4-14-22(15-5-17)30(26,27)25-19-8-12-21(29-3)13-9-19/h4-15,24-25H,1-3H3. The van der Waals surface area contributed by atoms with Gasteiger partial charge in [0.05, 0.1) is 30.5 Å². The summed E-state index contributed by atoms with van der Waals surface area (Å²) in [5.74, 6) is 1.42. The van der Waals surface area contributed by atoms with Crippen LogP contribution in [0.25, 0.3) is 0 Å². The van der Waals surface area contributed by atoms with Crippen molar-refractivity contribution in [1.29, 1.82) is 0 Å². The Bertz CT molecular complexity index is 1110. The first-order valence-electron chi connectivity index (χ1n) is 9.13. The van der Waals surface area contributed by atoms with E-state index in [1.165, 1.54) is 0 Å². The van der Waals surface area contributed by atoms with Gasteiger partial charge >= 0.3 is 0 Å². The molecule has 0 atom stereocenters. The van der Waals surface area contributed by atoms with Crippen LogP contribution in [0.4, 0.5) is 11.4 Å². The van der Waals surface area contributed by atoms with Crippen LogP contribution in [0.3, 0.4) is 0 Å². The molecule has 0 saturated carbocycles. The predicted molar refractivity (Wildman–Crippen MR) is 119 cm³/mol. The highest BCUT2D eigenvalue weighted by Crippen LogP contribution is 2.20. The molecule has 0 amide bonds. The highest BCUT2D eigenvalue weighted by atomic mass is 32.2. The topological polar surface area (TPSA) is 89.0 Å². The van der Waals surface area contributed by atoms with Gasteiger partial charge in [-0.3, -0.25) is 10.1 Å². The maximum Gasteiger partial charge on any atom is 0.261 e. The Morgan fingerprint density at radius 1 is 0.767 bits per heavy atom. The van der Waals surface area contributed by atoms with Crippen molar-refractivity contribution in [3.63, 3.8) is 0 Å². The molecule has 3 rings (SSSR count). The SMILES string of the molecule is COc1ccc(NN=C(C)c2ccc(S(=O)(=O)Nc3ccc(OC)cc3)cc2)cc1. The van der Waals surface area contributed by atoms with E-state index in [2.05, 4.69) is 15.2 Å². The van der Waals surface area contributed by atoms with Gasteiger partial charge in [-0.1, -0.05) is 12.1 Å². The fraction of sp³-hybridized carbons (Fsp3) is 0.136. The smallest absolute Gasteiger partial charge is 0.261 e. The molecule has 0 saturated heterocycles. The molecule has 0 aliphatic heterocycles. The third-order valence-corrected chi connectivity index (χ3v) is 5.76. The van der Waals surface area contributed by atoms with Gasteiger partial charge in [-0.15, -0.1) is 0 Å². The van der Waals surface area contributed by atoms with Crippen LogP contribution >= 0.6 is 0 Å². The fourth-order valence-electron chi connectivity index (χ4n) is 2.63. The summed E-state index contributed by atoms with van der Waals surface area (Å²) >= 11 is 0. The van der Waals surface area contributed by atoms with Gasteiger partial charge in [0.1, 0.15) is 11.5 Å². The van der Waals surface area contributed by atoms with Crippen molar-refractivity contribution >= 4 is 27.1 Å². The van der Waals surface area contributed by atoms with E-state index >= 15 is 0 Å². The van der Waals surface area contributed by atoms with E-state index in [-0.39, 0.29) is 4.90 Å². The van der Waals surface area contributed by atoms with Gasteiger partial charge in [-0.25, -0.2) is 8.42 Å². The van der Waals surface area contributed by atoms with Crippen molar-refractivity contribution in [2.75, 3.05) is 24.4 Å². The number of nitrogens with one attached hydrogen (secondary N) is 2. The molecule has 0 heterocycles. The number of ether oxygens (including phenoxy) is 2. The summed E-state index contributed by atoms with van der Waals surface area (Å²) in [5, 5.41) is 4.34. The molecule has 2 N–H and O–H groups in total. The molecule has 0 spiro atoms. The van der Waals surface area contributed by atoms with Crippen molar-refractivity contribution in [1.82, 2.24) is 0 Å². The summed E-state index contributed by atoms with van der Waals surface area (Å²) in [4.78, 5) is 0.165. The molecular formula is C22H23N3O4S. The van der Waals surface area contributed by atoms with Gasteiger partial charge in [-0.2, -0.15) is 5.10 Å². The van der Waals surface area contributed by atoms with E-state index < -0.39 is 10.0 Å². The number of anilines is 2. The van der Waals surface area contributed by atoms with Crippen LogP contribution in [0, 0.1) is 0 Å². The lowest BCUT2D eigenvalue weighted by Crippen LogP contribution is -2.13. The average Bonchev–Trinajstić information content (AvgIpc) is 2.78. The molecule has 0 fully saturated rings. The zero-order valence-corrected chi connectivity index (χ0v) is 17.7. The third-order valence-electron chi connectivity index (χ3n) is 4.37. The van der Waals surface area contributed by atoms with E-state index in [0.717, 1.165) is 22.7 Å². The maximum atomic E-state index is 12.6. The van der Waals surface area contributed by atoms with Crippen molar-refractivity contribution in [3.05, 3.63) is 78.4 Å². The Labute approximate surface area is 176 Å². The highest BCUT2D eigenvalue weighted by Gasteiger charge is 2.14. The minimum Gasteiger partial charge on any atom is -0.497 e. The molecule has 8 heteroatoms. The quantitative estimate of drug-likeness (QED) is 0.414. The van der Waals surface area contributed by atoms with E-state index in [1.54, 1.807) is 62.8 Å². The van der Waals surface area contributed by atoms with E-state index in [9.17, 15) is 8.42 Å². The fourth-order valence-corrected chi connectivity index (χ4v) is 3.69. The van der Waals surface area contributed by atoms with Gasteiger partial charge in [0, 0.05) is 5.69 Å². The van der Waals surface area contributed by atoms with Gasteiger partial charge in [0.25, 0.3) is 10.0 Å². The van der Waals surface area contributed by atoms with E-state index in [0.29, 0.717) is 11.4 Å². The van der Waals surface area contributed by atoms with Gasteiger partial charge in [-0.05, 0) is 73.2 Å². The molecule has 3 aromatic carbocycles. The summed E-state index contributed by atoms with van der Waals surface area (Å²) in [6.45, 7) is 1.84. The molecule has 0 aliphatic rings. The first-order valence-corrected chi connectivity index (χ1v) is 10.6. The van der Waals surface area contributed by atoms with Gasteiger partial charge in [0.15, 0.2) is 0 Å². The zero-order chi connectivity index (χ0) is 21.6. The first kappa shape index (κ1) is 21.2. The number of benzene rings is 3. The van der Waals surface area contributed by atoms with Gasteiger partial charge in [0.2, 0.25) is 0 Å². The van der Waals surface area contributed by atoms with Crippen LogP contribution in [0.1, 0.15) is 12.5 Å². The van der Waals surface area contributed by atoms with Crippen LogP contribution in [0.15, 0.2) is 82.8 Å². The lowest BCUT2D eigenvalue weighted by atomic mass is 10.1. The monoisotopic (exact) mass is 425 g/mol. The number of hydrazone groups is 1. The molecule has 0 aromatic heterocycles. The summed E-state index contributed by atoms with van der Waals surface area (Å²) in [7, 11) is -0.529. The molecular weight excluding hydrogens is 402 g/mol. The minimum absolute atomic E-state index is 0.165. The zero-order valence-electron chi connectivity index (χ0n) is 16.9. The maximum absolute atomic E-state index is 12.6. The lowest BCUT2D eigenvalue weighted by Gasteiger charge is -2.10. The number of methoxy groups -OCH3 is 2. The first-order chi connectivity index (χ1) is 14.4. The third kappa shape index (κ3) is 5.30. The van der Waals surface area contributed by atoms with E-state index in [1.807, 2.05) is 31.2 Å². The number of sulfonamides is 1. The molecule has 7 nitrogen and oxygen atoms in total. The highest BCUT2D eigenvalue weighted by molar-refractivity contribution is 7.92. The Hall–Kier alpha value is -3.52. The van der Waals surface area contributed by atoms with Crippen LogP contribution in [0.5, 0.6) is 11.5 Å². The molecule has 30 heavy (non-hydrogen) atoms. The molecule has 0 aliphatic carbocycles. The Morgan fingerprint density at radius 3 is 1.77 bits per heavy atom. The largest absolute Gasteiger partial charge is 0.497 e. The number of hydrogen-bond acceptors (Lipinski definition) is 6. The van der Waals surface area contributed by atoms with Crippen LogP contribution in [-0.4, -0.2) is 28.3 Å². The Balaban J connectivity index is 1.68. The van der Waals surface area contributed by atoms with Crippen LogP contribution in [0.2, 0.25) is 0 Å². The number of rotatable bonds is 8. The second kappa shape index (κ2) is 9.32. The Kier molecular flexibility index (Phi) is 6.58. The summed E-state index contributed by atoms with van der Waals surface area (Å²) < 4.78 is 38.0. The minimum atomic E-state index is -3.70. The number of nitrogens with zero attached hydrogens (tertiary/aromatic N) is 1. The number of hydrogen-bond donors (Lipinski definition) is 2. The van der Waals surface area contributed by atoms with Crippen molar-refractivity contribution in [2.24, 2.45) is 5.10 Å². The molecule has 0 unspecified atom stereocenters. The molecule has 3 aromatic rings. The van der Waals surface area contributed by atoms with E-state index in [4.69, 9.17) is 9.47 Å². The lowest BCUT2D eigenvalue weighted by molar-refractivity contribution is 0.415. The molecule has 0 radical (unpaired) electrons. The van der Waals surface area contributed by atoms with Crippen LogP contribution < -0.4 is 19.6 Å². The van der Waals surface area contributed by atoms with Crippen molar-refractivity contribution < 1.29 is 17.9 Å². The van der Waals surface area contributed by atoms with Crippen molar-refractivity contribution in [2.45, 2.75) is 11.8 Å². The van der Waals surface area contributed by atoms with Gasteiger partial charge < -0.3 is 9.47 Å². The second-order valence-corrected chi connectivity index (χ2v) is 8.08.